The first-order chi connectivity index (χ1) is 15.3. The molecule has 4 rings (SSSR count). The van der Waals surface area contributed by atoms with Crippen LogP contribution in [-0.4, -0.2) is 35.1 Å². The van der Waals surface area contributed by atoms with Crippen molar-refractivity contribution in [2.75, 3.05) is 35.3 Å². The Hall–Kier alpha value is -3.55. The molecule has 3 aromatic heterocycles. The van der Waals surface area contributed by atoms with Crippen LogP contribution in [0, 0.1) is 0 Å². The monoisotopic (exact) mass is 436 g/mol. The van der Waals surface area contributed by atoms with Crippen molar-refractivity contribution in [1.82, 2.24) is 15.0 Å². The van der Waals surface area contributed by atoms with E-state index < -0.39 is 5.92 Å². The second kappa shape index (κ2) is 8.90. The van der Waals surface area contributed by atoms with Crippen molar-refractivity contribution in [3.63, 3.8) is 0 Å². The molecule has 0 unspecified atom stereocenters. The molecule has 32 heavy (non-hydrogen) atoms. The highest BCUT2D eigenvalue weighted by molar-refractivity contribution is 5.75. The van der Waals surface area contributed by atoms with Gasteiger partial charge in [-0.15, -0.1) is 0 Å². The van der Waals surface area contributed by atoms with Gasteiger partial charge < -0.3 is 15.1 Å². The summed E-state index contributed by atoms with van der Waals surface area (Å²) in [5.74, 6) is -0.920. The summed E-state index contributed by atoms with van der Waals surface area (Å²) in [6, 6.07) is 10.9. The molecule has 3 aromatic rings. The fourth-order valence-electron chi connectivity index (χ4n) is 3.68. The molecule has 1 aliphatic rings. The largest absolute Gasteiger partial charge is 0.372 e. The molecule has 1 N–H and O–H groups in total. The van der Waals surface area contributed by atoms with E-state index in [1.807, 2.05) is 42.3 Å². The summed E-state index contributed by atoms with van der Waals surface area (Å²) in [7, 11) is 2.03. The molecule has 4 heterocycles. The van der Waals surface area contributed by atoms with Crippen LogP contribution in [0.25, 0.3) is 11.3 Å². The van der Waals surface area contributed by atoms with Gasteiger partial charge >= 0.3 is 0 Å². The van der Waals surface area contributed by atoms with Crippen LogP contribution in [0.2, 0.25) is 0 Å². The summed E-state index contributed by atoms with van der Waals surface area (Å²) in [5.41, 5.74) is 1.92. The Kier molecular flexibility index (Phi) is 6.03. The summed E-state index contributed by atoms with van der Waals surface area (Å²) in [5, 5.41) is 3.25. The number of rotatable bonds is 5. The highest BCUT2D eigenvalue weighted by atomic mass is 19.3. The van der Waals surface area contributed by atoms with Crippen molar-refractivity contribution < 1.29 is 8.78 Å². The molecule has 6 nitrogen and oxygen atoms in total. The van der Waals surface area contributed by atoms with Gasteiger partial charge in [0.2, 0.25) is 0 Å². The van der Waals surface area contributed by atoms with Crippen LogP contribution in [0.15, 0.2) is 67.4 Å². The van der Waals surface area contributed by atoms with E-state index in [1.165, 1.54) is 12.3 Å². The highest BCUT2D eigenvalue weighted by Crippen LogP contribution is 2.35. The van der Waals surface area contributed by atoms with Crippen molar-refractivity contribution in [3.05, 3.63) is 73.0 Å². The smallest absolute Gasteiger partial charge is 0.272 e. The van der Waals surface area contributed by atoms with Gasteiger partial charge in [-0.1, -0.05) is 12.6 Å². The normalized spacial score (nSPS) is 14.4. The van der Waals surface area contributed by atoms with Crippen LogP contribution in [0.1, 0.15) is 25.3 Å². The van der Waals surface area contributed by atoms with E-state index in [1.54, 1.807) is 12.4 Å². The number of hydrogen-bond acceptors (Lipinski definition) is 6. The number of alkyl halides is 2. The zero-order chi connectivity index (χ0) is 22.7. The van der Waals surface area contributed by atoms with Crippen molar-refractivity contribution >= 4 is 17.3 Å². The molecule has 8 heteroatoms. The van der Waals surface area contributed by atoms with E-state index in [-0.39, 0.29) is 5.56 Å². The first kappa shape index (κ1) is 21.7. The average Bonchev–Trinajstić information content (AvgIpc) is 2.77. The zero-order valence-electron chi connectivity index (χ0n) is 18.2. The summed E-state index contributed by atoms with van der Waals surface area (Å²) in [4.78, 5) is 17.4. The maximum atomic E-state index is 13.8. The Morgan fingerprint density at radius 1 is 1.12 bits per heavy atom. The minimum atomic E-state index is -2.97. The van der Waals surface area contributed by atoms with E-state index in [2.05, 4.69) is 26.8 Å². The van der Waals surface area contributed by atoms with Crippen molar-refractivity contribution in [3.8, 4) is 11.3 Å². The maximum absolute atomic E-state index is 13.8. The number of hydrogen-bond donors (Lipinski definition) is 1. The predicted octanol–water partition coefficient (Wildman–Crippen LogP) is 5.27. The van der Waals surface area contributed by atoms with Crippen molar-refractivity contribution in [1.29, 1.82) is 0 Å². The van der Waals surface area contributed by atoms with Crippen molar-refractivity contribution in [2.24, 2.45) is 0 Å². The number of pyridine rings is 3. The lowest BCUT2D eigenvalue weighted by Gasteiger charge is -2.33. The molecule has 0 saturated heterocycles. The molecule has 0 saturated carbocycles. The molecule has 0 spiro atoms. The van der Waals surface area contributed by atoms with Crippen LogP contribution in [0.3, 0.4) is 0 Å². The Labute approximate surface area is 186 Å². The van der Waals surface area contributed by atoms with Gasteiger partial charge in [-0.3, -0.25) is 4.98 Å². The number of halogens is 2. The molecule has 0 amide bonds. The van der Waals surface area contributed by atoms with Gasteiger partial charge in [-0.25, -0.2) is 18.7 Å². The van der Waals surface area contributed by atoms with Gasteiger partial charge in [-0.05, 0) is 43.2 Å². The molecule has 166 valence electrons. The highest BCUT2D eigenvalue weighted by Gasteiger charge is 2.26. The van der Waals surface area contributed by atoms with Gasteiger partial charge in [0.15, 0.2) is 5.82 Å². The minimum absolute atomic E-state index is 0.140. The Balaban J connectivity index is 1.74. The van der Waals surface area contributed by atoms with Crippen LogP contribution in [-0.2, 0) is 5.92 Å². The summed E-state index contributed by atoms with van der Waals surface area (Å²) in [6.45, 7) is 6.72. The Bertz CT molecular complexity index is 1100. The zero-order valence-corrected chi connectivity index (χ0v) is 18.2. The standard InChI is InChI=1S/C24H26F2N6/c1-17(29-22-8-4-5-11-28-22)32-13-7-6-12-31(3)21-10-9-20(30-23(21)32)18-14-19(16-27-15-18)24(2,25)26/h4-5,8-11,14-16H,1,6-7,12-13H2,2-3H3,(H,28,29). The van der Waals surface area contributed by atoms with E-state index >= 15 is 0 Å². The molecular formula is C24H26F2N6. The van der Waals surface area contributed by atoms with Crippen LogP contribution in [0.5, 0.6) is 0 Å². The first-order valence-electron chi connectivity index (χ1n) is 10.5. The van der Waals surface area contributed by atoms with Crippen LogP contribution in [0.4, 0.5) is 26.1 Å². The molecular weight excluding hydrogens is 410 g/mol. The quantitative estimate of drug-likeness (QED) is 0.588. The van der Waals surface area contributed by atoms with E-state index in [0.29, 0.717) is 28.7 Å². The molecule has 0 atom stereocenters. The fourth-order valence-corrected chi connectivity index (χ4v) is 3.68. The SMILES string of the molecule is C=C(Nc1ccccn1)N1CCCCN(C)c2ccc(-c3cncc(C(C)(F)F)c3)nc21. The predicted molar refractivity (Wildman–Crippen MR) is 124 cm³/mol. The third-order valence-corrected chi connectivity index (χ3v) is 5.45. The summed E-state index contributed by atoms with van der Waals surface area (Å²) in [6.07, 6.45) is 6.45. The third-order valence-electron chi connectivity index (χ3n) is 5.45. The van der Waals surface area contributed by atoms with E-state index in [4.69, 9.17) is 4.98 Å². The van der Waals surface area contributed by atoms with Crippen LogP contribution < -0.4 is 15.1 Å². The second-order valence-corrected chi connectivity index (χ2v) is 7.96. The minimum Gasteiger partial charge on any atom is -0.372 e. The number of nitrogens with zero attached hydrogens (tertiary/aromatic N) is 5. The molecule has 1 aliphatic heterocycles. The lowest BCUT2D eigenvalue weighted by atomic mass is 10.1. The second-order valence-electron chi connectivity index (χ2n) is 7.96. The van der Waals surface area contributed by atoms with Gasteiger partial charge in [0.25, 0.3) is 5.92 Å². The van der Waals surface area contributed by atoms with E-state index in [0.717, 1.165) is 38.5 Å². The summed E-state index contributed by atoms with van der Waals surface area (Å²) >= 11 is 0. The third kappa shape index (κ3) is 4.69. The first-order valence-corrected chi connectivity index (χ1v) is 10.5. The topological polar surface area (TPSA) is 57.2 Å². The number of anilines is 3. The lowest BCUT2D eigenvalue weighted by Crippen LogP contribution is -2.33. The van der Waals surface area contributed by atoms with Gasteiger partial charge in [-0.2, -0.15) is 0 Å². The molecule has 0 radical (unpaired) electrons. The van der Waals surface area contributed by atoms with E-state index in [9.17, 15) is 8.78 Å². The maximum Gasteiger partial charge on any atom is 0.272 e. The van der Waals surface area contributed by atoms with Gasteiger partial charge in [0, 0.05) is 56.8 Å². The molecule has 0 aromatic carbocycles. The number of nitrogens with one attached hydrogen (secondary N) is 1. The lowest BCUT2D eigenvalue weighted by molar-refractivity contribution is 0.0171. The van der Waals surface area contributed by atoms with Crippen molar-refractivity contribution in [2.45, 2.75) is 25.7 Å². The molecule has 0 fully saturated rings. The van der Waals surface area contributed by atoms with Gasteiger partial charge in [0.05, 0.1) is 11.4 Å². The fraction of sp³-hybridized carbons (Fsp3) is 0.292. The Morgan fingerprint density at radius 3 is 2.69 bits per heavy atom. The summed E-state index contributed by atoms with van der Waals surface area (Å²) < 4.78 is 27.7. The average molecular weight is 437 g/mol. The van der Waals surface area contributed by atoms with Crippen LogP contribution >= 0.6 is 0 Å². The van der Waals surface area contributed by atoms with Gasteiger partial charge in [0.1, 0.15) is 11.6 Å². The Morgan fingerprint density at radius 2 is 1.94 bits per heavy atom. The number of fused-ring (bicyclic) bond motifs is 1. The number of aromatic nitrogens is 3. The molecule has 0 bridgehead atoms. The molecule has 0 aliphatic carbocycles.